The Labute approximate surface area is 106 Å². The van der Waals surface area contributed by atoms with Gasteiger partial charge < -0.3 is 10.4 Å². The van der Waals surface area contributed by atoms with Crippen LogP contribution in [-0.2, 0) is 4.79 Å². The van der Waals surface area contributed by atoms with Crippen molar-refractivity contribution in [1.29, 1.82) is 0 Å². The van der Waals surface area contributed by atoms with Crippen molar-refractivity contribution >= 4 is 12.0 Å². The van der Waals surface area contributed by atoms with Gasteiger partial charge in [-0.15, -0.1) is 0 Å². The van der Waals surface area contributed by atoms with Crippen molar-refractivity contribution in [3.8, 4) is 0 Å². The molecule has 2 N–H and O–H groups in total. The average Bonchev–Trinajstić information content (AvgIpc) is 2.36. The Hall–Kier alpha value is -1.68. The maximum absolute atomic E-state index is 12.9. The first-order valence-corrected chi connectivity index (χ1v) is 6.04. The Morgan fingerprint density at radius 1 is 1.33 bits per heavy atom. The molecule has 0 aromatic heterocycles. The molecule has 0 aliphatic heterocycles. The molecule has 1 amide bonds. The molecule has 0 bridgehead atoms. The number of unbranched alkanes of at least 4 members (excludes halogenated alkanes) is 2. The van der Waals surface area contributed by atoms with Crippen LogP contribution in [0, 0.1) is 5.82 Å². The molecule has 0 spiro atoms. The van der Waals surface area contributed by atoms with Crippen molar-refractivity contribution in [3.63, 3.8) is 0 Å². The van der Waals surface area contributed by atoms with Crippen LogP contribution in [-0.4, -0.2) is 24.2 Å². The van der Waals surface area contributed by atoms with Crippen LogP contribution in [0.3, 0.4) is 0 Å². The predicted octanol–water partition coefficient (Wildman–Crippen LogP) is 2.12. The lowest BCUT2D eigenvalue weighted by Crippen LogP contribution is -2.22. The van der Waals surface area contributed by atoms with Crippen molar-refractivity contribution in [2.75, 3.05) is 13.2 Å². The van der Waals surface area contributed by atoms with Crippen molar-refractivity contribution in [1.82, 2.24) is 5.32 Å². The summed E-state index contributed by atoms with van der Waals surface area (Å²) in [5, 5.41) is 11.3. The van der Waals surface area contributed by atoms with Gasteiger partial charge in [-0.1, -0.05) is 12.1 Å². The number of amides is 1. The van der Waals surface area contributed by atoms with Gasteiger partial charge in [0, 0.05) is 19.2 Å². The second-order valence-electron chi connectivity index (χ2n) is 3.96. The van der Waals surface area contributed by atoms with E-state index in [2.05, 4.69) is 5.32 Å². The van der Waals surface area contributed by atoms with Crippen LogP contribution in [0.4, 0.5) is 4.39 Å². The lowest BCUT2D eigenvalue weighted by atomic mass is 10.2. The third-order valence-corrected chi connectivity index (χ3v) is 2.41. The van der Waals surface area contributed by atoms with E-state index in [1.165, 1.54) is 18.2 Å². The molecule has 0 heterocycles. The van der Waals surface area contributed by atoms with Crippen LogP contribution in [0.25, 0.3) is 6.08 Å². The van der Waals surface area contributed by atoms with E-state index < -0.39 is 0 Å². The lowest BCUT2D eigenvalue weighted by molar-refractivity contribution is -0.116. The summed E-state index contributed by atoms with van der Waals surface area (Å²) in [5.74, 6) is -0.509. The molecule has 0 saturated heterocycles. The molecule has 0 fully saturated rings. The van der Waals surface area contributed by atoms with Gasteiger partial charge in [0.25, 0.3) is 0 Å². The van der Waals surface area contributed by atoms with E-state index in [4.69, 9.17) is 5.11 Å². The maximum Gasteiger partial charge on any atom is 0.243 e. The highest BCUT2D eigenvalue weighted by Gasteiger charge is 1.95. The normalized spacial score (nSPS) is 10.8. The minimum Gasteiger partial charge on any atom is -0.396 e. The van der Waals surface area contributed by atoms with E-state index in [0.717, 1.165) is 19.3 Å². The number of hydrogen-bond acceptors (Lipinski definition) is 2. The molecule has 3 nitrogen and oxygen atoms in total. The molecule has 18 heavy (non-hydrogen) atoms. The molecule has 4 heteroatoms. The van der Waals surface area contributed by atoms with Crippen LogP contribution >= 0.6 is 0 Å². The fraction of sp³-hybridized carbons (Fsp3) is 0.357. The van der Waals surface area contributed by atoms with Crippen molar-refractivity contribution < 1.29 is 14.3 Å². The number of rotatable bonds is 7. The molecule has 0 aliphatic carbocycles. The first-order chi connectivity index (χ1) is 8.72. The largest absolute Gasteiger partial charge is 0.396 e. The van der Waals surface area contributed by atoms with Gasteiger partial charge in [0.15, 0.2) is 0 Å². The summed E-state index contributed by atoms with van der Waals surface area (Å²) in [6.07, 6.45) is 5.46. The molecule has 0 radical (unpaired) electrons. The van der Waals surface area contributed by atoms with Gasteiger partial charge in [-0.25, -0.2) is 4.39 Å². The summed E-state index contributed by atoms with van der Waals surface area (Å²) < 4.78 is 12.9. The highest BCUT2D eigenvalue weighted by atomic mass is 19.1. The topological polar surface area (TPSA) is 49.3 Å². The third kappa shape index (κ3) is 6.15. The summed E-state index contributed by atoms with van der Waals surface area (Å²) in [7, 11) is 0. The van der Waals surface area contributed by atoms with E-state index >= 15 is 0 Å². The maximum atomic E-state index is 12.9. The number of halogens is 1. The monoisotopic (exact) mass is 251 g/mol. The van der Waals surface area contributed by atoms with E-state index in [0.29, 0.717) is 12.1 Å². The van der Waals surface area contributed by atoms with Gasteiger partial charge in [0.1, 0.15) is 5.82 Å². The van der Waals surface area contributed by atoms with Gasteiger partial charge in [0.05, 0.1) is 0 Å². The number of carbonyl (C=O) groups is 1. The smallest absolute Gasteiger partial charge is 0.243 e. The predicted molar refractivity (Wildman–Crippen MR) is 69.4 cm³/mol. The number of carbonyl (C=O) groups excluding carboxylic acids is 1. The minimum atomic E-state index is -0.318. The summed E-state index contributed by atoms with van der Waals surface area (Å²) in [6, 6.07) is 6.06. The van der Waals surface area contributed by atoms with Crippen molar-refractivity contribution in [3.05, 3.63) is 41.7 Å². The fourth-order valence-corrected chi connectivity index (χ4v) is 1.47. The molecule has 1 rings (SSSR count). The summed E-state index contributed by atoms with van der Waals surface area (Å²) in [4.78, 5) is 11.4. The number of nitrogens with one attached hydrogen (secondary N) is 1. The van der Waals surface area contributed by atoms with E-state index in [1.807, 2.05) is 0 Å². The molecule has 98 valence electrons. The van der Waals surface area contributed by atoms with E-state index in [9.17, 15) is 9.18 Å². The van der Waals surface area contributed by atoms with Gasteiger partial charge in [-0.2, -0.15) is 0 Å². The summed E-state index contributed by atoms with van der Waals surface area (Å²) in [6.45, 7) is 0.778. The molecule has 1 aromatic carbocycles. The third-order valence-electron chi connectivity index (χ3n) is 2.41. The zero-order valence-corrected chi connectivity index (χ0v) is 10.2. The Balaban J connectivity index is 2.27. The second-order valence-corrected chi connectivity index (χ2v) is 3.96. The Morgan fingerprint density at radius 2 is 2.17 bits per heavy atom. The zero-order chi connectivity index (χ0) is 13.2. The standard InChI is InChI=1S/C14H18FNO2/c15-13-6-4-5-12(11-13)7-8-14(18)16-9-2-1-3-10-17/h4-8,11,17H,1-3,9-10H2,(H,16,18)/b8-7+. The van der Waals surface area contributed by atoms with Crippen LogP contribution in [0.1, 0.15) is 24.8 Å². The molecule has 0 unspecified atom stereocenters. The number of aliphatic hydroxyl groups is 1. The molecule has 0 saturated carbocycles. The van der Waals surface area contributed by atoms with Crippen molar-refractivity contribution in [2.45, 2.75) is 19.3 Å². The van der Waals surface area contributed by atoms with Gasteiger partial charge >= 0.3 is 0 Å². The SMILES string of the molecule is O=C(/C=C/c1cccc(F)c1)NCCCCCO. The van der Waals surface area contributed by atoms with Crippen LogP contribution in [0.5, 0.6) is 0 Å². The number of aliphatic hydroxyl groups excluding tert-OH is 1. The number of hydrogen-bond donors (Lipinski definition) is 2. The fourth-order valence-electron chi connectivity index (χ4n) is 1.47. The Bertz CT molecular complexity index is 405. The Kier molecular flexibility index (Phi) is 6.72. The summed E-state index contributed by atoms with van der Waals surface area (Å²) >= 11 is 0. The van der Waals surface area contributed by atoms with E-state index in [-0.39, 0.29) is 18.3 Å². The number of benzene rings is 1. The quantitative estimate of drug-likeness (QED) is 0.576. The Morgan fingerprint density at radius 3 is 2.89 bits per heavy atom. The van der Waals surface area contributed by atoms with Gasteiger partial charge in [-0.3, -0.25) is 4.79 Å². The van der Waals surface area contributed by atoms with Crippen molar-refractivity contribution in [2.24, 2.45) is 0 Å². The molecular weight excluding hydrogens is 233 g/mol. The first kappa shape index (κ1) is 14.4. The van der Waals surface area contributed by atoms with E-state index in [1.54, 1.807) is 18.2 Å². The van der Waals surface area contributed by atoms with Crippen LogP contribution in [0.2, 0.25) is 0 Å². The zero-order valence-electron chi connectivity index (χ0n) is 10.2. The first-order valence-electron chi connectivity index (χ1n) is 6.04. The second kappa shape index (κ2) is 8.42. The highest BCUT2D eigenvalue weighted by Crippen LogP contribution is 2.05. The average molecular weight is 251 g/mol. The highest BCUT2D eigenvalue weighted by molar-refractivity contribution is 5.91. The van der Waals surface area contributed by atoms with Gasteiger partial charge in [-0.05, 0) is 43.0 Å². The van der Waals surface area contributed by atoms with Crippen LogP contribution < -0.4 is 5.32 Å². The summed E-state index contributed by atoms with van der Waals surface area (Å²) in [5.41, 5.74) is 0.658. The van der Waals surface area contributed by atoms with Gasteiger partial charge in [0.2, 0.25) is 5.91 Å². The molecule has 0 atom stereocenters. The molecule has 0 aliphatic rings. The molecular formula is C14H18FNO2. The minimum absolute atomic E-state index is 0.188. The molecule has 1 aromatic rings. The van der Waals surface area contributed by atoms with Crippen LogP contribution in [0.15, 0.2) is 30.3 Å². The lowest BCUT2D eigenvalue weighted by Gasteiger charge is -2.01.